The summed E-state index contributed by atoms with van der Waals surface area (Å²) in [6, 6.07) is 6.31. The summed E-state index contributed by atoms with van der Waals surface area (Å²) in [7, 11) is -3.54. The van der Waals surface area contributed by atoms with Gasteiger partial charge in [0.25, 0.3) is 5.91 Å². The monoisotopic (exact) mass is 401 g/mol. The molecule has 1 unspecified atom stereocenters. The van der Waals surface area contributed by atoms with Crippen molar-refractivity contribution in [2.75, 3.05) is 19.6 Å². The predicted molar refractivity (Wildman–Crippen MR) is 104 cm³/mol. The highest BCUT2D eigenvalue weighted by Gasteiger charge is 2.41. The number of halogens is 1. The highest BCUT2D eigenvalue weighted by atomic mass is 35.5. The Hall–Kier alpha value is -1.15. The summed E-state index contributed by atoms with van der Waals surface area (Å²) in [6.45, 7) is 3.42. The Bertz CT molecular complexity index is 746. The van der Waals surface area contributed by atoms with Gasteiger partial charge in [-0.1, -0.05) is 12.5 Å². The molecule has 3 N–H and O–H groups in total. The van der Waals surface area contributed by atoms with Crippen molar-refractivity contribution in [1.29, 1.82) is 0 Å². The van der Waals surface area contributed by atoms with Gasteiger partial charge in [-0.2, -0.15) is 4.31 Å². The molecule has 0 bridgehead atoms. The first kappa shape index (κ1) is 21.2. The predicted octanol–water partition coefficient (Wildman–Crippen LogP) is 2.14. The van der Waals surface area contributed by atoms with Crippen molar-refractivity contribution >= 4 is 28.3 Å². The van der Waals surface area contributed by atoms with Crippen molar-refractivity contribution in [1.82, 2.24) is 9.62 Å². The van der Waals surface area contributed by atoms with Crippen molar-refractivity contribution < 1.29 is 13.2 Å². The normalized spacial score (nSPS) is 20.7. The molecule has 0 radical (unpaired) electrons. The Morgan fingerprint density at radius 1 is 1.27 bits per heavy atom. The minimum atomic E-state index is -3.54. The molecule has 1 aromatic rings. The van der Waals surface area contributed by atoms with Crippen LogP contribution in [0.4, 0.5) is 0 Å². The lowest BCUT2D eigenvalue weighted by Gasteiger charge is -2.29. The van der Waals surface area contributed by atoms with Gasteiger partial charge in [0.15, 0.2) is 0 Å². The molecule has 0 aromatic heterocycles. The quantitative estimate of drug-likeness (QED) is 0.763. The largest absolute Gasteiger partial charge is 0.345 e. The summed E-state index contributed by atoms with van der Waals surface area (Å²) < 4.78 is 27.1. The summed E-state index contributed by atoms with van der Waals surface area (Å²) in [5.41, 5.74) is 5.78. The number of hydrogen-bond donors (Lipinski definition) is 2. The number of piperidine rings is 1. The van der Waals surface area contributed by atoms with Crippen LogP contribution >= 0.6 is 12.4 Å². The van der Waals surface area contributed by atoms with Crippen molar-refractivity contribution in [3.63, 3.8) is 0 Å². The topological polar surface area (TPSA) is 92.5 Å². The number of carbonyl (C=O) groups excluding carboxylic acids is 1. The van der Waals surface area contributed by atoms with E-state index in [-0.39, 0.29) is 23.2 Å². The standard InChI is InChI=1S/C18H27N3O3S.ClH/c1-18(13-19,15-8-9-15)20-17(22)14-6-5-7-16(12-14)25(23,24)21-10-3-2-4-11-21;/h5-7,12,15H,2-4,8-11,13,19H2,1H3,(H,20,22);1H. The Labute approximate surface area is 162 Å². The molecule has 1 atom stereocenters. The summed E-state index contributed by atoms with van der Waals surface area (Å²) in [5, 5.41) is 3.01. The van der Waals surface area contributed by atoms with Gasteiger partial charge in [0.2, 0.25) is 10.0 Å². The van der Waals surface area contributed by atoms with E-state index in [1.807, 2.05) is 6.92 Å². The molecule has 1 heterocycles. The van der Waals surface area contributed by atoms with Gasteiger partial charge in [0.1, 0.15) is 0 Å². The molecule has 1 amide bonds. The van der Waals surface area contributed by atoms with Crippen molar-refractivity contribution in [2.45, 2.75) is 49.5 Å². The zero-order chi connectivity index (χ0) is 18.1. The molecule has 146 valence electrons. The summed E-state index contributed by atoms with van der Waals surface area (Å²) in [5.74, 6) is 0.136. The fourth-order valence-corrected chi connectivity index (χ4v) is 4.99. The first-order valence-corrected chi connectivity index (χ1v) is 10.4. The number of sulfonamides is 1. The van der Waals surface area contributed by atoms with Crippen LogP contribution in [-0.2, 0) is 10.0 Å². The second-order valence-corrected chi connectivity index (χ2v) is 9.28. The van der Waals surface area contributed by atoms with Gasteiger partial charge in [-0.25, -0.2) is 8.42 Å². The van der Waals surface area contributed by atoms with Crippen LogP contribution in [0.5, 0.6) is 0 Å². The van der Waals surface area contributed by atoms with E-state index in [4.69, 9.17) is 5.73 Å². The molecular formula is C18H28ClN3O3S. The van der Waals surface area contributed by atoms with E-state index in [1.165, 1.54) is 10.4 Å². The SMILES string of the molecule is CC(CN)(NC(=O)c1cccc(S(=O)(=O)N2CCCCC2)c1)C1CC1.Cl. The van der Waals surface area contributed by atoms with E-state index in [0.717, 1.165) is 32.1 Å². The number of rotatable bonds is 6. The third kappa shape index (κ3) is 4.39. The Morgan fingerprint density at radius 2 is 1.92 bits per heavy atom. The minimum Gasteiger partial charge on any atom is -0.345 e. The smallest absolute Gasteiger partial charge is 0.251 e. The van der Waals surface area contributed by atoms with Crippen LogP contribution < -0.4 is 11.1 Å². The van der Waals surface area contributed by atoms with Crippen molar-refractivity contribution in [3.05, 3.63) is 29.8 Å². The molecule has 2 aliphatic rings. The highest BCUT2D eigenvalue weighted by Crippen LogP contribution is 2.39. The van der Waals surface area contributed by atoms with Crippen LogP contribution in [0.2, 0.25) is 0 Å². The molecule has 2 fully saturated rings. The summed E-state index contributed by atoms with van der Waals surface area (Å²) in [4.78, 5) is 12.8. The molecular weight excluding hydrogens is 374 g/mol. The van der Waals surface area contributed by atoms with Gasteiger partial charge >= 0.3 is 0 Å². The van der Waals surface area contributed by atoms with Gasteiger partial charge in [0, 0.05) is 25.2 Å². The maximum atomic E-state index is 12.8. The van der Waals surface area contributed by atoms with Gasteiger partial charge in [-0.05, 0) is 56.7 Å². The van der Waals surface area contributed by atoms with E-state index in [2.05, 4.69) is 5.32 Å². The fraction of sp³-hybridized carbons (Fsp3) is 0.611. The van der Waals surface area contributed by atoms with Crippen LogP contribution in [0.3, 0.4) is 0 Å². The van der Waals surface area contributed by atoms with Crippen molar-refractivity contribution in [3.8, 4) is 0 Å². The Kier molecular flexibility index (Phi) is 6.71. The molecule has 0 spiro atoms. The maximum Gasteiger partial charge on any atom is 0.251 e. The van der Waals surface area contributed by atoms with E-state index < -0.39 is 15.6 Å². The van der Waals surface area contributed by atoms with Crippen LogP contribution in [0.25, 0.3) is 0 Å². The molecule has 1 aliphatic heterocycles. The second-order valence-electron chi connectivity index (χ2n) is 7.34. The number of hydrogen-bond acceptors (Lipinski definition) is 4. The first-order chi connectivity index (χ1) is 11.9. The number of carbonyl (C=O) groups is 1. The number of nitrogens with one attached hydrogen (secondary N) is 1. The average Bonchev–Trinajstić information content (AvgIpc) is 3.48. The third-order valence-corrected chi connectivity index (χ3v) is 7.25. The van der Waals surface area contributed by atoms with Gasteiger partial charge in [-0.15, -0.1) is 12.4 Å². The molecule has 26 heavy (non-hydrogen) atoms. The van der Waals surface area contributed by atoms with Crippen LogP contribution in [0.1, 0.15) is 49.4 Å². The Morgan fingerprint density at radius 3 is 2.50 bits per heavy atom. The number of nitrogens with two attached hydrogens (primary N) is 1. The molecule has 1 aliphatic carbocycles. The van der Waals surface area contributed by atoms with E-state index in [0.29, 0.717) is 31.1 Å². The van der Waals surface area contributed by atoms with Crippen LogP contribution in [0, 0.1) is 5.92 Å². The van der Waals surface area contributed by atoms with E-state index in [1.54, 1.807) is 18.2 Å². The molecule has 1 aromatic carbocycles. The van der Waals surface area contributed by atoms with Crippen LogP contribution in [0.15, 0.2) is 29.2 Å². The lowest BCUT2D eigenvalue weighted by Crippen LogP contribution is -2.53. The maximum absolute atomic E-state index is 12.8. The molecule has 1 saturated heterocycles. The molecule has 8 heteroatoms. The number of amides is 1. The lowest BCUT2D eigenvalue weighted by atomic mass is 9.95. The number of nitrogens with zero attached hydrogens (tertiary/aromatic N) is 1. The third-order valence-electron chi connectivity index (χ3n) is 5.35. The Balaban J connectivity index is 0.00000243. The average molecular weight is 402 g/mol. The van der Waals surface area contributed by atoms with Crippen LogP contribution in [-0.4, -0.2) is 43.8 Å². The van der Waals surface area contributed by atoms with Gasteiger partial charge in [-0.3, -0.25) is 4.79 Å². The minimum absolute atomic E-state index is 0. The first-order valence-electron chi connectivity index (χ1n) is 8.99. The van der Waals surface area contributed by atoms with E-state index in [9.17, 15) is 13.2 Å². The summed E-state index contributed by atoms with van der Waals surface area (Å²) in [6.07, 6.45) is 4.97. The fourth-order valence-electron chi connectivity index (χ4n) is 3.42. The van der Waals surface area contributed by atoms with E-state index >= 15 is 0 Å². The lowest BCUT2D eigenvalue weighted by molar-refractivity contribution is 0.0897. The van der Waals surface area contributed by atoms with Crippen molar-refractivity contribution in [2.24, 2.45) is 11.7 Å². The summed E-state index contributed by atoms with van der Waals surface area (Å²) >= 11 is 0. The molecule has 6 nitrogen and oxygen atoms in total. The second kappa shape index (κ2) is 8.25. The molecule has 1 saturated carbocycles. The molecule has 3 rings (SSSR count). The zero-order valence-corrected chi connectivity index (χ0v) is 16.7. The zero-order valence-electron chi connectivity index (χ0n) is 15.1. The van der Waals surface area contributed by atoms with Gasteiger partial charge in [0.05, 0.1) is 10.4 Å². The van der Waals surface area contributed by atoms with Gasteiger partial charge < -0.3 is 11.1 Å². The highest BCUT2D eigenvalue weighted by molar-refractivity contribution is 7.89. The number of benzene rings is 1.